The van der Waals surface area contributed by atoms with Crippen LogP contribution in [0.2, 0.25) is 0 Å². The van der Waals surface area contributed by atoms with Crippen molar-refractivity contribution in [2.75, 3.05) is 12.4 Å². The van der Waals surface area contributed by atoms with Gasteiger partial charge in [0.1, 0.15) is 5.75 Å². The summed E-state index contributed by atoms with van der Waals surface area (Å²) in [6.45, 7) is 0. The Labute approximate surface area is 114 Å². The zero-order valence-corrected chi connectivity index (χ0v) is 10.6. The first-order chi connectivity index (χ1) is 9.35. The number of carbonyl (C=O) groups excluding carboxylic acids is 1. The lowest BCUT2D eigenvalue weighted by Gasteiger charge is -2.13. The molecule has 0 aliphatic heterocycles. The lowest BCUT2D eigenvalue weighted by atomic mass is 10.1. The normalized spacial score (nSPS) is 11.5. The molecule has 0 radical (unpaired) electrons. The highest BCUT2D eigenvalue weighted by Gasteiger charge is 2.20. The van der Waals surface area contributed by atoms with Crippen molar-refractivity contribution < 1.29 is 29.3 Å². The quantitative estimate of drug-likeness (QED) is 0.581. The predicted molar refractivity (Wildman–Crippen MR) is 68.8 cm³/mol. The molecule has 108 valence electrons. The molecule has 8 nitrogen and oxygen atoms in total. The molecule has 1 aromatic rings. The number of benzene rings is 1. The van der Waals surface area contributed by atoms with Gasteiger partial charge >= 0.3 is 11.9 Å². The number of carbonyl (C=O) groups is 3. The number of amides is 1. The Morgan fingerprint density at radius 1 is 1.35 bits per heavy atom. The lowest BCUT2D eigenvalue weighted by molar-refractivity contribution is -0.138. The number of rotatable bonds is 6. The maximum atomic E-state index is 11.7. The largest absolute Gasteiger partial charge is 0.497 e. The van der Waals surface area contributed by atoms with Gasteiger partial charge in [-0.1, -0.05) is 0 Å². The topological polar surface area (TPSA) is 139 Å². The molecular formula is C12H14N2O6. The van der Waals surface area contributed by atoms with Crippen molar-refractivity contribution in [1.29, 1.82) is 0 Å². The number of hydrogen-bond acceptors (Lipinski definition) is 5. The van der Waals surface area contributed by atoms with Crippen molar-refractivity contribution in [2.24, 2.45) is 5.73 Å². The second-order valence-corrected chi connectivity index (χ2v) is 3.91. The molecule has 0 aliphatic rings. The molecule has 0 aromatic heterocycles. The maximum absolute atomic E-state index is 11.7. The van der Waals surface area contributed by atoms with Crippen LogP contribution in [-0.4, -0.2) is 41.2 Å². The van der Waals surface area contributed by atoms with E-state index in [0.717, 1.165) is 0 Å². The Morgan fingerprint density at radius 2 is 2.00 bits per heavy atom. The molecule has 8 heteroatoms. The number of nitrogens with one attached hydrogen (secondary N) is 1. The number of aromatic carboxylic acids is 1. The molecule has 0 spiro atoms. The monoisotopic (exact) mass is 282 g/mol. The van der Waals surface area contributed by atoms with Gasteiger partial charge in [-0.25, -0.2) is 4.79 Å². The zero-order valence-electron chi connectivity index (χ0n) is 10.6. The van der Waals surface area contributed by atoms with E-state index in [2.05, 4.69) is 5.32 Å². The molecule has 1 aromatic carbocycles. The summed E-state index contributed by atoms with van der Waals surface area (Å²) in [5, 5.41) is 19.8. The molecule has 0 heterocycles. The number of carboxylic acids is 2. The zero-order chi connectivity index (χ0) is 15.3. The molecule has 1 unspecified atom stereocenters. The molecule has 0 aliphatic carbocycles. The van der Waals surface area contributed by atoms with Gasteiger partial charge in [0.05, 0.1) is 30.8 Å². The highest BCUT2D eigenvalue weighted by molar-refractivity contribution is 6.03. The Morgan fingerprint density at radius 3 is 2.50 bits per heavy atom. The summed E-state index contributed by atoms with van der Waals surface area (Å²) in [7, 11) is 1.39. The smallest absolute Gasteiger partial charge is 0.337 e. The first-order valence-corrected chi connectivity index (χ1v) is 5.54. The van der Waals surface area contributed by atoms with Gasteiger partial charge in [-0.15, -0.1) is 0 Å². The standard InChI is InChI=1S/C12H14N2O6/c1-20-6-2-3-7(12(18)19)9(4-6)14-11(17)8(13)5-10(15)16/h2-4,8H,5,13H2,1H3,(H,14,17)(H,15,16)(H,18,19). The minimum atomic E-state index is -1.28. The van der Waals surface area contributed by atoms with Crippen LogP contribution in [0.25, 0.3) is 0 Å². The van der Waals surface area contributed by atoms with E-state index < -0.39 is 30.3 Å². The summed E-state index contributed by atoms with van der Waals surface area (Å²) in [6.07, 6.45) is -0.557. The van der Waals surface area contributed by atoms with E-state index >= 15 is 0 Å². The number of nitrogens with two attached hydrogens (primary N) is 1. The Kier molecular flexibility index (Phi) is 5.04. The summed E-state index contributed by atoms with van der Waals surface area (Å²) in [6, 6.07) is 2.73. The number of ether oxygens (including phenoxy) is 1. The first kappa shape index (κ1) is 15.4. The molecule has 0 fully saturated rings. The summed E-state index contributed by atoms with van der Waals surface area (Å²) in [4.78, 5) is 33.2. The van der Waals surface area contributed by atoms with E-state index in [9.17, 15) is 14.4 Å². The highest BCUT2D eigenvalue weighted by Crippen LogP contribution is 2.22. The van der Waals surface area contributed by atoms with E-state index in [-0.39, 0.29) is 11.3 Å². The second-order valence-electron chi connectivity index (χ2n) is 3.91. The fourth-order valence-corrected chi connectivity index (χ4v) is 1.45. The Balaban J connectivity index is 2.97. The van der Waals surface area contributed by atoms with Crippen molar-refractivity contribution in [3.63, 3.8) is 0 Å². The van der Waals surface area contributed by atoms with Crippen LogP contribution in [0.5, 0.6) is 5.75 Å². The average Bonchev–Trinajstić information content (AvgIpc) is 2.37. The van der Waals surface area contributed by atoms with E-state index in [1.807, 2.05) is 0 Å². The maximum Gasteiger partial charge on any atom is 0.337 e. The second kappa shape index (κ2) is 6.53. The third kappa shape index (κ3) is 3.95. The molecule has 1 amide bonds. The highest BCUT2D eigenvalue weighted by atomic mass is 16.5. The fraction of sp³-hybridized carbons (Fsp3) is 0.250. The Bertz CT molecular complexity index is 543. The van der Waals surface area contributed by atoms with Gasteiger partial charge in [-0.3, -0.25) is 9.59 Å². The van der Waals surface area contributed by atoms with Gasteiger partial charge in [0, 0.05) is 6.07 Å². The molecule has 0 saturated heterocycles. The molecule has 0 saturated carbocycles. The van der Waals surface area contributed by atoms with Crippen LogP contribution < -0.4 is 15.8 Å². The van der Waals surface area contributed by atoms with Gasteiger partial charge < -0.3 is 26.0 Å². The number of aliphatic carboxylic acids is 1. The third-order valence-electron chi connectivity index (χ3n) is 2.45. The van der Waals surface area contributed by atoms with Gasteiger partial charge in [0.25, 0.3) is 0 Å². The summed E-state index contributed by atoms with van der Waals surface area (Å²) >= 11 is 0. The molecule has 20 heavy (non-hydrogen) atoms. The minimum absolute atomic E-state index is 0.0114. The molecule has 0 bridgehead atoms. The predicted octanol–water partition coefficient (Wildman–Crippen LogP) is 0.134. The number of methoxy groups -OCH3 is 1. The fourth-order valence-electron chi connectivity index (χ4n) is 1.45. The molecule has 5 N–H and O–H groups in total. The van der Waals surface area contributed by atoms with E-state index in [0.29, 0.717) is 5.75 Å². The first-order valence-electron chi connectivity index (χ1n) is 5.54. The van der Waals surface area contributed by atoms with Crippen LogP contribution in [0.3, 0.4) is 0 Å². The summed E-state index contributed by atoms with van der Waals surface area (Å²) < 4.78 is 4.93. The average molecular weight is 282 g/mol. The van der Waals surface area contributed by atoms with Crippen LogP contribution in [0, 0.1) is 0 Å². The van der Waals surface area contributed by atoms with E-state index in [1.54, 1.807) is 0 Å². The van der Waals surface area contributed by atoms with E-state index in [4.69, 9.17) is 20.7 Å². The van der Waals surface area contributed by atoms with Crippen LogP contribution in [0.15, 0.2) is 18.2 Å². The van der Waals surface area contributed by atoms with Crippen molar-refractivity contribution in [1.82, 2.24) is 0 Å². The van der Waals surface area contributed by atoms with Gasteiger partial charge in [0.2, 0.25) is 5.91 Å². The van der Waals surface area contributed by atoms with Crippen molar-refractivity contribution >= 4 is 23.5 Å². The van der Waals surface area contributed by atoms with Crippen LogP contribution in [0.4, 0.5) is 5.69 Å². The van der Waals surface area contributed by atoms with Crippen LogP contribution in [0.1, 0.15) is 16.8 Å². The van der Waals surface area contributed by atoms with Crippen molar-refractivity contribution in [2.45, 2.75) is 12.5 Å². The number of anilines is 1. The van der Waals surface area contributed by atoms with Crippen LogP contribution in [-0.2, 0) is 9.59 Å². The summed E-state index contributed by atoms with van der Waals surface area (Å²) in [5.41, 5.74) is 5.23. The van der Waals surface area contributed by atoms with Crippen LogP contribution >= 0.6 is 0 Å². The minimum Gasteiger partial charge on any atom is -0.497 e. The SMILES string of the molecule is COc1ccc(C(=O)O)c(NC(=O)C(N)CC(=O)O)c1. The van der Waals surface area contributed by atoms with Gasteiger partial charge in [-0.05, 0) is 12.1 Å². The van der Waals surface area contributed by atoms with Crippen molar-refractivity contribution in [3.8, 4) is 5.75 Å². The van der Waals surface area contributed by atoms with Gasteiger partial charge in [0.15, 0.2) is 0 Å². The van der Waals surface area contributed by atoms with Crippen molar-refractivity contribution in [3.05, 3.63) is 23.8 Å². The number of hydrogen-bond donors (Lipinski definition) is 4. The lowest BCUT2D eigenvalue weighted by Crippen LogP contribution is -2.37. The number of carboxylic acid groups (broad SMARTS) is 2. The van der Waals surface area contributed by atoms with E-state index in [1.165, 1.54) is 25.3 Å². The molecular weight excluding hydrogens is 268 g/mol. The molecule has 1 rings (SSSR count). The third-order valence-corrected chi connectivity index (χ3v) is 2.45. The van der Waals surface area contributed by atoms with Gasteiger partial charge in [-0.2, -0.15) is 0 Å². The summed E-state index contributed by atoms with van der Waals surface area (Å²) in [5.74, 6) is -2.91. The Hall–Kier alpha value is -2.61. The molecule has 1 atom stereocenters.